The SMILES string of the molecule is CCC(N)(CC)C(=O)N1CC(F)C1.Cl. The maximum absolute atomic E-state index is 12.5. The predicted octanol–water partition coefficient (Wildman–Crippen LogP) is 1.11. The first-order valence-electron chi connectivity index (χ1n) is 4.75. The molecule has 0 unspecified atom stereocenters. The summed E-state index contributed by atoms with van der Waals surface area (Å²) >= 11 is 0. The summed E-state index contributed by atoms with van der Waals surface area (Å²) in [4.78, 5) is 13.2. The van der Waals surface area contributed by atoms with Gasteiger partial charge >= 0.3 is 0 Å². The van der Waals surface area contributed by atoms with Gasteiger partial charge in [0.25, 0.3) is 0 Å². The van der Waals surface area contributed by atoms with E-state index in [0.29, 0.717) is 12.8 Å². The highest BCUT2D eigenvalue weighted by atomic mass is 35.5. The fourth-order valence-corrected chi connectivity index (χ4v) is 1.46. The summed E-state index contributed by atoms with van der Waals surface area (Å²) in [5, 5.41) is 0. The molecule has 5 heteroatoms. The van der Waals surface area contributed by atoms with Crippen LogP contribution in [0, 0.1) is 0 Å². The molecule has 1 fully saturated rings. The van der Waals surface area contributed by atoms with Crippen LogP contribution in [0.15, 0.2) is 0 Å². The molecule has 1 amide bonds. The predicted molar refractivity (Wildman–Crippen MR) is 56.2 cm³/mol. The average molecular weight is 225 g/mol. The van der Waals surface area contributed by atoms with Gasteiger partial charge in [0.15, 0.2) is 0 Å². The van der Waals surface area contributed by atoms with Crippen LogP contribution in [-0.2, 0) is 4.79 Å². The van der Waals surface area contributed by atoms with Crippen molar-refractivity contribution in [2.45, 2.75) is 38.4 Å². The van der Waals surface area contributed by atoms with E-state index in [2.05, 4.69) is 0 Å². The summed E-state index contributed by atoms with van der Waals surface area (Å²) in [6.07, 6.45) is 0.368. The minimum Gasteiger partial charge on any atom is -0.335 e. The van der Waals surface area contributed by atoms with Gasteiger partial charge in [-0.25, -0.2) is 4.39 Å². The molecule has 1 heterocycles. The molecule has 1 rings (SSSR count). The van der Waals surface area contributed by atoms with Crippen molar-refractivity contribution in [1.29, 1.82) is 0 Å². The van der Waals surface area contributed by atoms with Gasteiger partial charge in [-0.3, -0.25) is 4.79 Å². The molecule has 1 aliphatic rings. The minimum absolute atomic E-state index is 0. The first kappa shape index (κ1) is 13.7. The normalized spacial score (nSPS) is 17.3. The van der Waals surface area contributed by atoms with E-state index >= 15 is 0 Å². The van der Waals surface area contributed by atoms with Crippen molar-refractivity contribution in [2.24, 2.45) is 5.73 Å². The maximum Gasteiger partial charge on any atom is 0.242 e. The van der Waals surface area contributed by atoms with Crippen molar-refractivity contribution in [3.05, 3.63) is 0 Å². The Hall–Kier alpha value is -0.350. The topological polar surface area (TPSA) is 46.3 Å². The van der Waals surface area contributed by atoms with Gasteiger partial charge < -0.3 is 10.6 Å². The van der Waals surface area contributed by atoms with Crippen LogP contribution < -0.4 is 5.73 Å². The lowest BCUT2D eigenvalue weighted by molar-refractivity contribution is -0.144. The molecule has 0 radical (unpaired) electrons. The van der Waals surface area contributed by atoms with E-state index in [4.69, 9.17) is 5.73 Å². The van der Waals surface area contributed by atoms with Crippen LogP contribution in [0.4, 0.5) is 4.39 Å². The standard InChI is InChI=1S/C9H17FN2O.ClH/c1-3-9(11,4-2)8(13)12-5-7(10)6-12;/h7H,3-6,11H2,1-2H3;1H. The van der Waals surface area contributed by atoms with E-state index in [1.807, 2.05) is 13.8 Å². The number of carbonyl (C=O) groups is 1. The number of amides is 1. The number of nitrogens with two attached hydrogens (primary N) is 1. The number of halogens is 2. The van der Waals surface area contributed by atoms with Crippen LogP contribution >= 0.6 is 12.4 Å². The molecule has 2 N–H and O–H groups in total. The van der Waals surface area contributed by atoms with Gasteiger partial charge in [0, 0.05) is 0 Å². The second-order valence-corrected chi connectivity index (χ2v) is 3.67. The molecule has 0 atom stereocenters. The van der Waals surface area contributed by atoms with Crippen LogP contribution in [0.3, 0.4) is 0 Å². The number of rotatable bonds is 3. The number of alkyl halides is 1. The Balaban J connectivity index is 0.00000169. The highest BCUT2D eigenvalue weighted by molar-refractivity contribution is 5.86. The van der Waals surface area contributed by atoms with Crippen molar-refractivity contribution < 1.29 is 9.18 Å². The van der Waals surface area contributed by atoms with Crippen molar-refractivity contribution in [1.82, 2.24) is 4.90 Å². The molecule has 0 aromatic heterocycles. The van der Waals surface area contributed by atoms with E-state index in [1.54, 1.807) is 0 Å². The van der Waals surface area contributed by atoms with Gasteiger partial charge in [-0.05, 0) is 12.8 Å². The second-order valence-electron chi connectivity index (χ2n) is 3.67. The first-order chi connectivity index (χ1) is 6.03. The molecule has 14 heavy (non-hydrogen) atoms. The van der Waals surface area contributed by atoms with Gasteiger partial charge in [0.2, 0.25) is 5.91 Å². The van der Waals surface area contributed by atoms with Gasteiger partial charge in [-0.2, -0.15) is 0 Å². The van der Waals surface area contributed by atoms with Crippen LogP contribution in [0.25, 0.3) is 0 Å². The van der Waals surface area contributed by atoms with Crippen LogP contribution in [0.2, 0.25) is 0 Å². The maximum atomic E-state index is 12.5. The lowest BCUT2D eigenvalue weighted by Gasteiger charge is -2.40. The molecule has 0 bridgehead atoms. The zero-order valence-corrected chi connectivity index (χ0v) is 9.44. The fourth-order valence-electron chi connectivity index (χ4n) is 1.46. The van der Waals surface area contributed by atoms with Crippen molar-refractivity contribution in [2.75, 3.05) is 13.1 Å². The Morgan fingerprint density at radius 2 is 1.93 bits per heavy atom. The Labute approximate surface area is 90.2 Å². The Morgan fingerprint density at radius 1 is 1.50 bits per heavy atom. The van der Waals surface area contributed by atoms with Crippen molar-refractivity contribution in [3.8, 4) is 0 Å². The van der Waals surface area contributed by atoms with E-state index in [-0.39, 0.29) is 31.4 Å². The second kappa shape index (κ2) is 4.94. The summed E-state index contributed by atoms with van der Waals surface area (Å²) in [7, 11) is 0. The molecular weight excluding hydrogens is 207 g/mol. The van der Waals surface area contributed by atoms with Gasteiger partial charge in [0.05, 0.1) is 18.6 Å². The summed E-state index contributed by atoms with van der Waals surface area (Å²) in [5.41, 5.74) is 5.10. The molecule has 0 saturated carbocycles. The van der Waals surface area contributed by atoms with E-state index in [0.717, 1.165) is 0 Å². The number of likely N-dealkylation sites (tertiary alicyclic amines) is 1. The first-order valence-corrected chi connectivity index (χ1v) is 4.75. The largest absolute Gasteiger partial charge is 0.335 e. The number of hydrogen-bond acceptors (Lipinski definition) is 2. The van der Waals surface area contributed by atoms with Gasteiger partial charge in [0.1, 0.15) is 6.17 Å². The Bertz CT molecular complexity index is 203. The zero-order valence-electron chi connectivity index (χ0n) is 8.62. The number of carbonyl (C=O) groups excluding carboxylic acids is 1. The van der Waals surface area contributed by atoms with E-state index in [1.165, 1.54) is 4.90 Å². The smallest absolute Gasteiger partial charge is 0.242 e. The minimum atomic E-state index is -0.845. The molecule has 0 spiro atoms. The molecule has 3 nitrogen and oxygen atoms in total. The van der Waals surface area contributed by atoms with Gasteiger partial charge in [-0.1, -0.05) is 13.8 Å². The third-order valence-corrected chi connectivity index (χ3v) is 2.81. The molecule has 0 aromatic carbocycles. The van der Waals surface area contributed by atoms with Crippen molar-refractivity contribution in [3.63, 3.8) is 0 Å². The molecule has 0 aromatic rings. The summed E-state index contributed by atoms with van der Waals surface area (Å²) < 4.78 is 12.5. The number of hydrogen-bond donors (Lipinski definition) is 1. The third-order valence-electron chi connectivity index (χ3n) is 2.81. The summed E-state index contributed by atoms with van der Waals surface area (Å²) in [6.45, 7) is 4.21. The van der Waals surface area contributed by atoms with Gasteiger partial charge in [-0.15, -0.1) is 12.4 Å². The van der Waals surface area contributed by atoms with Crippen molar-refractivity contribution >= 4 is 18.3 Å². The monoisotopic (exact) mass is 224 g/mol. The molecule has 1 aliphatic heterocycles. The molecule has 84 valence electrons. The Morgan fingerprint density at radius 3 is 2.21 bits per heavy atom. The third kappa shape index (κ3) is 2.36. The summed E-state index contributed by atoms with van der Waals surface area (Å²) in [5.74, 6) is -0.105. The van der Waals surface area contributed by atoms with E-state index in [9.17, 15) is 9.18 Å². The highest BCUT2D eigenvalue weighted by Gasteiger charge is 2.39. The molecular formula is C9H18ClFN2O. The lowest BCUT2D eigenvalue weighted by atomic mass is 9.91. The zero-order chi connectivity index (χ0) is 10.1. The average Bonchev–Trinajstić information content (AvgIpc) is 2.10. The quantitative estimate of drug-likeness (QED) is 0.781. The van der Waals surface area contributed by atoms with E-state index < -0.39 is 11.7 Å². The summed E-state index contributed by atoms with van der Waals surface area (Å²) in [6, 6.07) is 0. The molecule has 0 aliphatic carbocycles. The Kier molecular flexibility index (Phi) is 4.81. The highest BCUT2D eigenvalue weighted by Crippen LogP contribution is 2.20. The molecule has 1 saturated heterocycles. The van der Waals surface area contributed by atoms with Crippen LogP contribution in [0.1, 0.15) is 26.7 Å². The fraction of sp³-hybridized carbons (Fsp3) is 0.889. The van der Waals surface area contributed by atoms with Crippen LogP contribution in [-0.4, -0.2) is 35.6 Å². The van der Waals surface area contributed by atoms with Crippen LogP contribution in [0.5, 0.6) is 0 Å². The lowest BCUT2D eigenvalue weighted by Crippen LogP contribution is -2.62. The number of nitrogens with zero attached hydrogens (tertiary/aromatic N) is 1.